The van der Waals surface area contributed by atoms with Gasteiger partial charge in [-0.1, -0.05) is 13.8 Å². The van der Waals surface area contributed by atoms with Gasteiger partial charge in [0.05, 0.1) is 0 Å². The Morgan fingerprint density at radius 2 is 1.73 bits per heavy atom. The average Bonchev–Trinajstić information content (AvgIpc) is 1.84. The lowest BCUT2D eigenvalue weighted by molar-refractivity contribution is -0.127. The Labute approximate surface area is 65.9 Å². The number of hydrogen-bond acceptors (Lipinski definition) is 2. The second kappa shape index (κ2) is 3.37. The van der Waals surface area contributed by atoms with Crippen molar-refractivity contribution in [1.82, 2.24) is 0 Å². The molecule has 4 N–H and O–H groups in total. The highest BCUT2D eigenvalue weighted by Crippen LogP contribution is 2.20. The molecule has 0 saturated heterocycles. The number of carbonyl (C=O) groups excluding carboxylic acids is 2. The van der Waals surface area contributed by atoms with Gasteiger partial charge in [-0.2, -0.15) is 0 Å². The van der Waals surface area contributed by atoms with Crippen LogP contribution in [0.2, 0.25) is 0 Å². The Morgan fingerprint density at radius 1 is 1.27 bits per heavy atom. The molecule has 0 aromatic heterocycles. The van der Waals surface area contributed by atoms with Gasteiger partial charge in [-0.15, -0.1) is 0 Å². The van der Waals surface area contributed by atoms with Crippen molar-refractivity contribution < 1.29 is 9.59 Å². The Bertz CT molecular complexity index is 175. The summed E-state index contributed by atoms with van der Waals surface area (Å²) in [4.78, 5) is 21.0. The quantitative estimate of drug-likeness (QED) is 0.591. The molecule has 11 heavy (non-hydrogen) atoms. The van der Waals surface area contributed by atoms with Crippen LogP contribution in [-0.2, 0) is 9.59 Å². The summed E-state index contributed by atoms with van der Waals surface area (Å²) in [5.74, 6) is -0.807. The number of carbonyl (C=O) groups is 2. The molecule has 64 valence electrons. The van der Waals surface area contributed by atoms with Crippen LogP contribution in [-0.4, -0.2) is 11.8 Å². The van der Waals surface area contributed by atoms with E-state index in [0.717, 1.165) is 0 Å². The Balaban J connectivity index is 3.92. The molecule has 0 aliphatic carbocycles. The Kier molecular flexibility index (Phi) is 3.04. The molecular weight excluding hydrogens is 144 g/mol. The van der Waals surface area contributed by atoms with Gasteiger partial charge in [0.2, 0.25) is 11.8 Å². The number of amides is 2. The summed E-state index contributed by atoms with van der Waals surface area (Å²) in [7, 11) is 0. The molecule has 0 unspecified atom stereocenters. The second-order valence-electron chi connectivity index (χ2n) is 3.21. The molecule has 0 aromatic rings. The molecule has 0 spiro atoms. The zero-order chi connectivity index (χ0) is 9.07. The summed E-state index contributed by atoms with van der Waals surface area (Å²) < 4.78 is 0. The van der Waals surface area contributed by atoms with Gasteiger partial charge in [0, 0.05) is 11.8 Å². The first-order valence-electron chi connectivity index (χ1n) is 3.44. The van der Waals surface area contributed by atoms with Crippen LogP contribution in [0.4, 0.5) is 0 Å². The highest BCUT2D eigenvalue weighted by atomic mass is 16.1. The lowest BCUT2D eigenvalue weighted by Gasteiger charge is -2.18. The highest BCUT2D eigenvalue weighted by molar-refractivity contribution is 5.81. The first-order chi connectivity index (χ1) is 4.86. The van der Waals surface area contributed by atoms with Crippen molar-refractivity contribution >= 4 is 11.8 Å². The fourth-order valence-corrected chi connectivity index (χ4v) is 0.559. The standard InChI is InChI=1S/C7H14N2O2/c1-7(2,6(9)11)4-3-5(8)10/h3-4H2,1-2H3,(H2,8,10)(H2,9,11). The molecular formula is C7H14N2O2. The van der Waals surface area contributed by atoms with E-state index in [1.807, 2.05) is 0 Å². The lowest BCUT2D eigenvalue weighted by atomic mass is 9.87. The lowest BCUT2D eigenvalue weighted by Crippen LogP contribution is -2.32. The molecule has 0 radical (unpaired) electrons. The third-order valence-corrected chi connectivity index (χ3v) is 1.66. The molecule has 2 amide bonds. The smallest absolute Gasteiger partial charge is 0.223 e. The fourth-order valence-electron chi connectivity index (χ4n) is 0.559. The zero-order valence-corrected chi connectivity index (χ0v) is 6.89. The van der Waals surface area contributed by atoms with Crippen molar-refractivity contribution in [3.63, 3.8) is 0 Å². The van der Waals surface area contributed by atoms with E-state index in [1.54, 1.807) is 13.8 Å². The number of rotatable bonds is 4. The number of primary amides is 2. The van der Waals surface area contributed by atoms with Gasteiger partial charge in [-0.25, -0.2) is 0 Å². The van der Waals surface area contributed by atoms with Crippen molar-refractivity contribution in [2.24, 2.45) is 16.9 Å². The second-order valence-corrected chi connectivity index (χ2v) is 3.21. The molecule has 0 rings (SSSR count). The molecule has 0 fully saturated rings. The molecule has 0 bridgehead atoms. The van der Waals surface area contributed by atoms with Crippen LogP contribution in [0.15, 0.2) is 0 Å². The third-order valence-electron chi connectivity index (χ3n) is 1.66. The largest absolute Gasteiger partial charge is 0.370 e. The minimum Gasteiger partial charge on any atom is -0.370 e. The van der Waals surface area contributed by atoms with Crippen LogP contribution < -0.4 is 11.5 Å². The first kappa shape index (κ1) is 9.94. The first-order valence-corrected chi connectivity index (χ1v) is 3.44. The van der Waals surface area contributed by atoms with Crippen molar-refractivity contribution in [1.29, 1.82) is 0 Å². The summed E-state index contributed by atoms with van der Waals surface area (Å²) >= 11 is 0. The number of hydrogen-bond donors (Lipinski definition) is 2. The van der Waals surface area contributed by atoms with E-state index in [0.29, 0.717) is 6.42 Å². The van der Waals surface area contributed by atoms with Crippen LogP contribution in [0.1, 0.15) is 26.7 Å². The van der Waals surface area contributed by atoms with E-state index >= 15 is 0 Å². The van der Waals surface area contributed by atoms with Crippen molar-refractivity contribution in [2.45, 2.75) is 26.7 Å². The van der Waals surface area contributed by atoms with Crippen LogP contribution in [0, 0.1) is 5.41 Å². The Morgan fingerprint density at radius 3 is 2.00 bits per heavy atom. The number of nitrogens with two attached hydrogens (primary N) is 2. The summed E-state index contributed by atoms with van der Waals surface area (Å²) in [6.45, 7) is 3.39. The van der Waals surface area contributed by atoms with Crippen LogP contribution in [0.3, 0.4) is 0 Å². The summed E-state index contributed by atoms with van der Waals surface area (Å²) in [5.41, 5.74) is 9.34. The maximum Gasteiger partial charge on any atom is 0.223 e. The minimum atomic E-state index is -0.630. The predicted molar refractivity (Wildman–Crippen MR) is 41.4 cm³/mol. The fraction of sp³-hybridized carbons (Fsp3) is 0.714. The van der Waals surface area contributed by atoms with E-state index in [1.165, 1.54) is 0 Å². The van der Waals surface area contributed by atoms with E-state index in [9.17, 15) is 9.59 Å². The molecule has 4 heteroatoms. The van der Waals surface area contributed by atoms with Crippen molar-refractivity contribution in [3.8, 4) is 0 Å². The van der Waals surface area contributed by atoms with Crippen LogP contribution in [0.5, 0.6) is 0 Å². The molecule has 0 aliphatic rings. The van der Waals surface area contributed by atoms with E-state index in [-0.39, 0.29) is 6.42 Å². The molecule has 0 heterocycles. The third kappa shape index (κ3) is 3.60. The monoisotopic (exact) mass is 158 g/mol. The normalized spacial score (nSPS) is 11.1. The molecule has 0 saturated carbocycles. The topological polar surface area (TPSA) is 86.2 Å². The molecule has 0 atom stereocenters. The summed E-state index contributed by atoms with van der Waals surface area (Å²) in [6, 6.07) is 0. The van der Waals surface area contributed by atoms with Gasteiger partial charge in [0.25, 0.3) is 0 Å². The Hall–Kier alpha value is -1.06. The van der Waals surface area contributed by atoms with Crippen LogP contribution in [0.25, 0.3) is 0 Å². The van der Waals surface area contributed by atoms with E-state index in [2.05, 4.69) is 0 Å². The minimum absolute atomic E-state index is 0.204. The van der Waals surface area contributed by atoms with Gasteiger partial charge in [-0.3, -0.25) is 9.59 Å². The molecule has 0 aliphatic heterocycles. The SMILES string of the molecule is CC(C)(CCC(N)=O)C(N)=O. The van der Waals surface area contributed by atoms with E-state index < -0.39 is 17.2 Å². The zero-order valence-electron chi connectivity index (χ0n) is 6.89. The highest BCUT2D eigenvalue weighted by Gasteiger charge is 2.24. The van der Waals surface area contributed by atoms with E-state index in [4.69, 9.17) is 11.5 Å². The summed E-state index contributed by atoms with van der Waals surface area (Å²) in [6.07, 6.45) is 0.619. The van der Waals surface area contributed by atoms with Crippen molar-refractivity contribution in [2.75, 3.05) is 0 Å². The van der Waals surface area contributed by atoms with Gasteiger partial charge >= 0.3 is 0 Å². The maximum atomic E-state index is 10.7. The van der Waals surface area contributed by atoms with Crippen LogP contribution >= 0.6 is 0 Å². The van der Waals surface area contributed by atoms with Crippen molar-refractivity contribution in [3.05, 3.63) is 0 Å². The molecule has 4 nitrogen and oxygen atoms in total. The molecule has 0 aromatic carbocycles. The van der Waals surface area contributed by atoms with Gasteiger partial charge in [-0.05, 0) is 6.42 Å². The maximum absolute atomic E-state index is 10.7. The van der Waals surface area contributed by atoms with Gasteiger partial charge in [0.15, 0.2) is 0 Å². The summed E-state index contributed by atoms with van der Waals surface area (Å²) in [5, 5.41) is 0. The predicted octanol–water partition coefficient (Wildman–Crippen LogP) is -0.237. The average molecular weight is 158 g/mol. The van der Waals surface area contributed by atoms with Gasteiger partial charge < -0.3 is 11.5 Å². The van der Waals surface area contributed by atoms with Gasteiger partial charge in [0.1, 0.15) is 0 Å².